The number of thiophene rings is 3. The molecule has 0 aromatic carbocycles. The molecular formula is C17H9NO6S4. The molecule has 142 valence electrons. The van der Waals surface area contributed by atoms with Crippen LogP contribution in [-0.2, 0) is 24.3 Å². The third-order valence-electron chi connectivity index (χ3n) is 4.34. The molecule has 28 heavy (non-hydrogen) atoms. The van der Waals surface area contributed by atoms with Gasteiger partial charge in [0.25, 0.3) is 11.8 Å². The lowest BCUT2D eigenvalue weighted by Gasteiger charge is -2.11. The lowest BCUT2D eigenvalue weighted by molar-refractivity contribution is -0.172. The molecule has 0 saturated carbocycles. The second kappa shape index (κ2) is 6.08. The van der Waals surface area contributed by atoms with Crippen molar-refractivity contribution in [3.8, 4) is 19.5 Å². The molecule has 0 unspecified atom stereocenters. The Bertz CT molecular complexity index is 1260. The number of nitrogens with zero attached hydrogens (tertiary/aromatic N) is 1. The Labute approximate surface area is 170 Å². The van der Waals surface area contributed by atoms with Crippen LogP contribution in [-0.4, -0.2) is 31.3 Å². The molecule has 0 radical (unpaired) electrons. The van der Waals surface area contributed by atoms with Gasteiger partial charge in [0.2, 0.25) is 9.84 Å². The van der Waals surface area contributed by atoms with E-state index in [1.54, 1.807) is 23.6 Å². The van der Waals surface area contributed by atoms with Crippen LogP contribution < -0.4 is 0 Å². The molecule has 0 N–H and O–H groups in total. The Balaban J connectivity index is 1.44. The normalized spacial score (nSPS) is 17.1. The van der Waals surface area contributed by atoms with E-state index in [9.17, 15) is 22.8 Å². The molecule has 5 heterocycles. The minimum absolute atomic E-state index is 0.0295. The van der Waals surface area contributed by atoms with E-state index >= 15 is 0 Å². The number of sulfone groups is 1. The van der Waals surface area contributed by atoms with Gasteiger partial charge in [0, 0.05) is 22.6 Å². The van der Waals surface area contributed by atoms with Crippen molar-refractivity contribution in [1.29, 1.82) is 0 Å². The maximum Gasteiger partial charge on any atom is 0.373 e. The fraction of sp³-hybridized carbons (Fsp3) is 0.118. The van der Waals surface area contributed by atoms with Crippen molar-refractivity contribution in [3.63, 3.8) is 0 Å². The highest BCUT2D eigenvalue weighted by atomic mass is 32.2. The Morgan fingerprint density at radius 1 is 0.964 bits per heavy atom. The molecule has 5 rings (SSSR count). The van der Waals surface area contributed by atoms with Gasteiger partial charge in [-0.05, 0) is 29.6 Å². The van der Waals surface area contributed by atoms with Crippen LogP contribution >= 0.6 is 34.0 Å². The first-order valence-electron chi connectivity index (χ1n) is 8.01. The predicted octanol–water partition coefficient (Wildman–Crippen LogP) is 3.57. The summed E-state index contributed by atoms with van der Waals surface area (Å²) < 4.78 is 25.2. The van der Waals surface area contributed by atoms with Crippen LogP contribution in [0.1, 0.15) is 22.5 Å². The molecule has 2 aliphatic heterocycles. The van der Waals surface area contributed by atoms with Crippen LogP contribution in [0.5, 0.6) is 0 Å². The van der Waals surface area contributed by atoms with Gasteiger partial charge in [-0.2, -0.15) is 0 Å². The Kier molecular flexibility index (Phi) is 3.85. The van der Waals surface area contributed by atoms with Crippen LogP contribution in [0.2, 0.25) is 0 Å². The second-order valence-electron chi connectivity index (χ2n) is 6.05. The van der Waals surface area contributed by atoms with Crippen LogP contribution in [0.4, 0.5) is 0 Å². The molecule has 1 saturated heterocycles. The van der Waals surface area contributed by atoms with E-state index in [4.69, 9.17) is 4.84 Å². The van der Waals surface area contributed by atoms with Crippen molar-refractivity contribution >= 4 is 61.6 Å². The molecule has 0 spiro atoms. The largest absolute Gasteiger partial charge is 0.373 e. The molecule has 0 aliphatic carbocycles. The molecule has 1 fully saturated rings. The average molecular weight is 452 g/mol. The van der Waals surface area contributed by atoms with E-state index < -0.39 is 27.6 Å². The topological polar surface area (TPSA) is 97.8 Å². The third-order valence-corrected chi connectivity index (χ3v) is 9.90. The minimum atomic E-state index is -3.49. The van der Waals surface area contributed by atoms with E-state index in [0.717, 1.165) is 21.1 Å². The summed E-state index contributed by atoms with van der Waals surface area (Å²) >= 11 is 3.85. The number of rotatable bonds is 3. The van der Waals surface area contributed by atoms with Gasteiger partial charge in [0.1, 0.15) is 4.88 Å². The Morgan fingerprint density at radius 2 is 1.71 bits per heavy atom. The summed E-state index contributed by atoms with van der Waals surface area (Å²) in [4.78, 5) is 44.1. The SMILES string of the molecule is O=C(ON1C(=O)CCC1=O)c1ccc(-c2cc3c(s2)-c2sccc2S3(=O)=O)s1. The third kappa shape index (κ3) is 2.50. The van der Waals surface area contributed by atoms with Crippen molar-refractivity contribution in [2.24, 2.45) is 0 Å². The van der Waals surface area contributed by atoms with Crippen molar-refractivity contribution in [3.05, 3.63) is 34.5 Å². The van der Waals surface area contributed by atoms with Gasteiger partial charge in [0.05, 0.1) is 19.5 Å². The fourth-order valence-corrected chi connectivity index (χ4v) is 8.66. The molecule has 7 nitrogen and oxygen atoms in total. The summed E-state index contributed by atoms with van der Waals surface area (Å²) in [5.41, 5.74) is 0. The monoisotopic (exact) mass is 451 g/mol. The van der Waals surface area contributed by atoms with E-state index in [0.29, 0.717) is 24.6 Å². The highest BCUT2D eigenvalue weighted by Gasteiger charge is 2.37. The van der Waals surface area contributed by atoms with Crippen molar-refractivity contribution in [2.75, 3.05) is 0 Å². The van der Waals surface area contributed by atoms with Crippen LogP contribution in [0.25, 0.3) is 19.5 Å². The number of imide groups is 1. The van der Waals surface area contributed by atoms with E-state index in [-0.39, 0.29) is 17.7 Å². The smallest absolute Gasteiger partial charge is 0.324 e. The summed E-state index contributed by atoms with van der Waals surface area (Å²) in [6.07, 6.45) is 0.0590. The Morgan fingerprint density at radius 3 is 2.46 bits per heavy atom. The van der Waals surface area contributed by atoms with Gasteiger partial charge in [0.15, 0.2) is 0 Å². The van der Waals surface area contributed by atoms with Gasteiger partial charge in [-0.15, -0.1) is 39.1 Å². The molecule has 0 atom stereocenters. The van der Waals surface area contributed by atoms with Crippen molar-refractivity contribution in [1.82, 2.24) is 5.06 Å². The van der Waals surface area contributed by atoms with Crippen LogP contribution in [0.15, 0.2) is 39.4 Å². The quantitative estimate of drug-likeness (QED) is 0.442. The molecule has 11 heteroatoms. The first-order valence-corrected chi connectivity index (χ1v) is 12.0. The predicted molar refractivity (Wildman–Crippen MR) is 103 cm³/mol. The van der Waals surface area contributed by atoms with Crippen LogP contribution in [0.3, 0.4) is 0 Å². The standard InChI is InChI=1S/C17H9NO6S4/c19-13-3-4-14(20)18(13)24-17(21)9-2-1-8(26-9)10-7-12-16(27-10)15-11(5-6-25-15)28(12,22)23/h1-2,5-7H,3-4H2. The molecule has 3 aromatic heterocycles. The van der Waals surface area contributed by atoms with Gasteiger partial charge in [-0.3, -0.25) is 9.59 Å². The van der Waals surface area contributed by atoms with Gasteiger partial charge in [-0.1, -0.05) is 0 Å². The Hall–Kier alpha value is -2.34. The summed E-state index contributed by atoms with van der Waals surface area (Å²) in [5.74, 6) is -1.87. The van der Waals surface area contributed by atoms with E-state index in [1.165, 1.54) is 28.7 Å². The average Bonchev–Trinajstić information content (AvgIpc) is 3.42. The summed E-state index contributed by atoms with van der Waals surface area (Å²) in [6.45, 7) is 0. The first-order chi connectivity index (χ1) is 13.4. The number of hydrogen-bond acceptors (Lipinski definition) is 9. The van der Waals surface area contributed by atoms with Crippen LogP contribution in [0, 0.1) is 0 Å². The van der Waals surface area contributed by atoms with Gasteiger partial charge in [-0.25, -0.2) is 13.2 Å². The zero-order valence-corrected chi connectivity index (χ0v) is 17.1. The van der Waals surface area contributed by atoms with E-state index in [2.05, 4.69) is 0 Å². The second-order valence-corrected chi connectivity index (χ2v) is 11.0. The first kappa shape index (κ1) is 17.7. The zero-order valence-electron chi connectivity index (χ0n) is 13.8. The number of hydroxylamine groups is 2. The van der Waals surface area contributed by atoms with Crippen molar-refractivity contribution in [2.45, 2.75) is 22.6 Å². The maximum absolute atomic E-state index is 12.6. The molecule has 3 aromatic rings. The molecule has 2 aliphatic rings. The van der Waals surface area contributed by atoms with E-state index in [1.807, 2.05) is 0 Å². The summed E-state index contributed by atoms with van der Waals surface area (Å²) in [7, 11) is -3.49. The molecular weight excluding hydrogens is 442 g/mol. The highest BCUT2D eigenvalue weighted by Crippen LogP contribution is 2.52. The molecule has 2 amide bonds. The number of carbonyl (C=O) groups excluding carboxylic acids is 3. The summed E-state index contributed by atoms with van der Waals surface area (Å²) in [5, 5.41) is 2.26. The number of fused-ring (bicyclic) bond motifs is 3. The fourth-order valence-electron chi connectivity index (χ4n) is 3.01. The minimum Gasteiger partial charge on any atom is -0.324 e. The molecule has 0 bridgehead atoms. The maximum atomic E-state index is 12.6. The zero-order chi connectivity index (χ0) is 19.6. The lowest BCUT2D eigenvalue weighted by Crippen LogP contribution is -2.31. The summed E-state index contributed by atoms with van der Waals surface area (Å²) in [6, 6.07) is 6.46. The highest BCUT2D eigenvalue weighted by molar-refractivity contribution is 7.92. The number of carbonyl (C=O) groups is 3. The van der Waals surface area contributed by atoms with Gasteiger partial charge < -0.3 is 4.84 Å². The van der Waals surface area contributed by atoms with Gasteiger partial charge >= 0.3 is 5.97 Å². The number of amides is 2. The van der Waals surface area contributed by atoms with Crippen molar-refractivity contribution < 1.29 is 27.6 Å². The number of hydrogen-bond donors (Lipinski definition) is 0. The lowest BCUT2D eigenvalue weighted by atomic mass is 10.3.